The monoisotopic (exact) mass is 352 g/mol. The van der Waals surface area contributed by atoms with Crippen LogP contribution in [-0.2, 0) is 12.8 Å². The van der Waals surface area contributed by atoms with Gasteiger partial charge < -0.3 is 10.0 Å². The van der Waals surface area contributed by atoms with Crippen LogP contribution in [0.4, 0.5) is 15.8 Å². The average molecular weight is 352 g/mol. The van der Waals surface area contributed by atoms with E-state index in [-0.39, 0.29) is 11.9 Å². The summed E-state index contributed by atoms with van der Waals surface area (Å²) in [5.41, 5.74) is 12.9. The van der Waals surface area contributed by atoms with Crippen molar-refractivity contribution in [3.8, 4) is 0 Å². The first-order valence-corrected chi connectivity index (χ1v) is 9.07. The summed E-state index contributed by atoms with van der Waals surface area (Å²) >= 11 is 0. The van der Waals surface area contributed by atoms with Gasteiger partial charge in [-0.1, -0.05) is 29.7 Å². The quantitative estimate of drug-likeness (QED) is 0.485. The number of nitrogens with zero attached hydrogens (tertiary/aromatic N) is 4. The van der Waals surface area contributed by atoms with Crippen LogP contribution in [0.25, 0.3) is 10.4 Å². The first-order valence-electron chi connectivity index (χ1n) is 9.07. The van der Waals surface area contributed by atoms with Gasteiger partial charge in [-0.2, -0.15) is 0 Å². The molecule has 1 saturated carbocycles. The molecule has 2 aromatic carbocycles. The van der Waals surface area contributed by atoms with Crippen LogP contribution in [0.2, 0.25) is 0 Å². The van der Waals surface area contributed by atoms with E-state index >= 15 is 0 Å². The number of aliphatic hydroxyl groups excluding tert-OH is 1. The second-order valence-corrected chi connectivity index (χ2v) is 7.03. The Hall–Kier alpha value is -2.56. The van der Waals surface area contributed by atoms with Gasteiger partial charge in [-0.3, -0.25) is 0 Å². The highest BCUT2D eigenvalue weighted by molar-refractivity contribution is 5.72. The van der Waals surface area contributed by atoms with Gasteiger partial charge in [-0.05, 0) is 66.6 Å². The van der Waals surface area contributed by atoms with Crippen LogP contribution in [0.3, 0.4) is 0 Å². The van der Waals surface area contributed by atoms with Crippen molar-refractivity contribution in [1.29, 1.82) is 0 Å². The lowest BCUT2D eigenvalue weighted by molar-refractivity contribution is 0.0879. The Balaban J connectivity index is 1.85. The van der Waals surface area contributed by atoms with Crippen molar-refractivity contribution in [2.24, 2.45) is 5.11 Å². The fraction of sp³-hybridized carbons (Fsp3) is 0.400. The lowest BCUT2D eigenvalue weighted by Crippen LogP contribution is -2.49. The summed E-state index contributed by atoms with van der Waals surface area (Å²) < 4.78 is 13.8. The molecule has 6 heteroatoms. The van der Waals surface area contributed by atoms with Gasteiger partial charge in [0.2, 0.25) is 0 Å². The molecule has 5 nitrogen and oxygen atoms in total. The van der Waals surface area contributed by atoms with Crippen molar-refractivity contribution in [2.45, 2.75) is 50.3 Å². The Morgan fingerprint density at radius 3 is 2.69 bits per heavy atom. The summed E-state index contributed by atoms with van der Waals surface area (Å²) in [4.78, 5) is 5.04. The smallest absolute Gasteiger partial charge is 0.123 e. The first-order chi connectivity index (χ1) is 12.7. The number of anilines is 2. The van der Waals surface area contributed by atoms with Crippen molar-refractivity contribution in [2.75, 3.05) is 4.90 Å². The standard InChI is InChI=1S/C20H21FN4O/c21-15-10-11-18-14(12-15)9-8-13-4-1-2-6-17(13)25(18)19-7-3-5-16(20(19)26)23-24-22/h1-2,4,6,10-12,16,19-20,26H,3,5,7-9H2. The molecule has 134 valence electrons. The van der Waals surface area contributed by atoms with Crippen molar-refractivity contribution in [3.63, 3.8) is 0 Å². The van der Waals surface area contributed by atoms with Crippen molar-refractivity contribution >= 4 is 11.4 Å². The number of azide groups is 1. The van der Waals surface area contributed by atoms with Gasteiger partial charge >= 0.3 is 0 Å². The van der Waals surface area contributed by atoms with E-state index < -0.39 is 12.1 Å². The lowest BCUT2D eigenvalue weighted by atomic mass is 9.86. The minimum atomic E-state index is -0.760. The zero-order chi connectivity index (χ0) is 18.1. The molecule has 0 radical (unpaired) electrons. The molecule has 1 fully saturated rings. The Labute approximate surface area is 151 Å². The van der Waals surface area contributed by atoms with E-state index in [4.69, 9.17) is 5.53 Å². The molecule has 0 saturated heterocycles. The highest BCUT2D eigenvalue weighted by Gasteiger charge is 2.37. The molecule has 0 spiro atoms. The van der Waals surface area contributed by atoms with Crippen LogP contribution < -0.4 is 4.90 Å². The van der Waals surface area contributed by atoms with E-state index in [9.17, 15) is 9.50 Å². The van der Waals surface area contributed by atoms with Crippen LogP contribution in [-0.4, -0.2) is 23.3 Å². The zero-order valence-corrected chi connectivity index (χ0v) is 14.4. The Morgan fingerprint density at radius 1 is 1.08 bits per heavy atom. The first kappa shape index (κ1) is 16.9. The maximum Gasteiger partial charge on any atom is 0.123 e. The van der Waals surface area contributed by atoms with Gasteiger partial charge in [-0.25, -0.2) is 4.39 Å². The molecule has 1 aliphatic carbocycles. The minimum absolute atomic E-state index is 0.206. The third kappa shape index (κ3) is 2.91. The van der Waals surface area contributed by atoms with Gasteiger partial charge in [0, 0.05) is 16.3 Å². The van der Waals surface area contributed by atoms with Gasteiger partial charge in [0.25, 0.3) is 0 Å². The molecule has 0 amide bonds. The van der Waals surface area contributed by atoms with Crippen LogP contribution in [0.5, 0.6) is 0 Å². The molecular formula is C20H21FN4O. The molecule has 26 heavy (non-hydrogen) atoms. The molecule has 0 bridgehead atoms. The number of halogens is 1. The van der Waals surface area contributed by atoms with Gasteiger partial charge in [-0.15, -0.1) is 0 Å². The molecule has 3 unspecified atom stereocenters. The molecule has 1 heterocycles. The van der Waals surface area contributed by atoms with Crippen molar-refractivity contribution in [3.05, 3.63) is 69.9 Å². The SMILES string of the molecule is [N-]=[N+]=NC1CCCC(N2c3ccccc3CCc3cc(F)ccc32)C1O. The number of rotatable bonds is 2. The van der Waals surface area contributed by atoms with E-state index in [2.05, 4.69) is 27.1 Å². The Morgan fingerprint density at radius 2 is 1.85 bits per heavy atom. The number of para-hydroxylation sites is 1. The number of hydrogen-bond donors (Lipinski definition) is 1. The van der Waals surface area contributed by atoms with Crippen LogP contribution in [0.15, 0.2) is 47.6 Å². The normalized spacial score (nSPS) is 24.8. The summed E-state index contributed by atoms with van der Waals surface area (Å²) in [7, 11) is 0. The largest absolute Gasteiger partial charge is 0.391 e. The highest BCUT2D eigenvalue weighted by Crippen LogP contribution is 2.41. The number of fused-ring (bicyclic) bond motifs is 2. The number of aliphatic hydroxyl groups is 1. The summed E-state index contributed by atoms with van der Waals surface area (Å²) in [5, 5.41) is 14.7. The maximum atomic E-state index is 13.8. The van der Waals surface area contributed by atoms with Crippen LogP contribution in [0.1, 0.15) is 30.4 Å². The van der Waals surface area contributed by atoms with Crippen LogP contribution >= 0.6 is 0 Å². The topological polar surface area (TPSA) is 72.2 Å². The molecule has 2 aromatic rings. The molecule has 0 aromatic heterocycles. The van der Waals surface area contributed by atoms with E-state index in [0.717, 1.165) is 42.6 Å². The maximum absolute atomic E-state index is 13.8. The molecule has 1 aliphatic heterocycles. The third-order valence-electron chi connectivity index (χ3n) is 5.54. The zero-order valence-electron chi connectivity index (χ0n) is 14.4. The summed E-state index contributed by atoms with van der Waals surface area (Å²) in [5.74, 6) is -0.245. The number of benzene rings is 2. The lowest BCUT2D eigenvalue weighted by Gasteiger charge is -2.42. The Kier molecular flexibility index (Phi) is 4.53. The van der Waals surface area contributed by atoms with Crippen LogP contribution in [0, 0.1) is 5.82 Å². The predicted molar refractivity (Wildman–Crippen MR) is 99.0 cm³/mol. The van der Waals surface area contributed by atoms with E-state index in [0.29, 0.717) is 6.42 Å². The summed E-state index contributed by atoms with van der Waals surface area (Å²) in [6.07, 6.45) is 3.18. The van der Waals surface area contributed by atoms with Gasteiger partial charge in [0.15, 0.2) is 0 Å². The van der Waals surface area contributed by atoms with Crippen molar-refractivity contribution < 1.29 is 9.50 Å². The Bertz CT molecular complexity index is 865. The van der Waals surface area contributed by atoms with E-state index in [1.54, 1.807) is 12.1 Å². The summed E-state index contributed by atoms with van der Waals surface area (Å²) in [6.45, 7) is 0. The molecule has 4 rings (SSSR count). The average Bonchev–Trinajstić information content (AvgIpc) is 2.80. The third-order valence-corrected chi connectivity index (χ3v) is 5.54. The summed E-state index contributed by atoms with van der Waals surface area (Å²) in [6, 6.07) is 12.4. The molecular weight excluding hydrogens is 331 g/mol. The van der Waals surface area contributed by atoms with Crippen molar-refractivity contribution in [1.82, 2.24) is 0 Å². The fourth-order valence-corrected chi connectivity index (χ4v) is 4.31. The number of aryl methyl sites for hydroxylation is 2. The fourth-order valence-electron chi connectivity index (χ4n) is 4.31. The van der Waals surface area contributed by atoms with E-state index in [1.807, 2.05) is 12.1 Å². The minimum Gasteiger partial charge on any atom is -0.391 e. The second kappa shape index (κ2) is 6.98. The van der Waals surface area contributed by atoms with Gasteiger partial charge in [0.05, 0.1) is 18.2 Å². The molecule has 1 N–H and O–H groups in total. The highest BCUT2D eigenvalue weighted by atomic mass is 19.1. The van der Waals surface area contributed by atoms with E-state index in [1.165, 1.54) is 11.6 Å². The predicted octanol–water partition coefficient (Wildman–Crippen LogP) is 4.65. The van der Waals surface area contributed by atoms with Gasteiger partial charge in [0.1, 0.15) is 5.82 Å². The second-order valence-electron chi connectivity index (χ2n) is 7.03. The number of hydrogen-bond acceptors (Lipinski definition) is 3. The molecule has 3 atom stereocenters. The molecule has 2 aliphatic rings.